The van der Waals surface area contributed by atoms with Crippen LogP contribution in [0.3, 0.4) is 0 Å². The molecule has 4 bridgehead atoms. The molecule has 4 aliphatic carbocycles. The van der Waals surface area contributed by atoms with Gasteiger partial charge in [-0.1, -0.05) is 30.3 Å². The molecule has 0 radical (unpaired) electrons. The van der Waals surface area contributed by atoms with Gasteiger partial charge < -0.3 is 5.32 Å². The van der Waals surface area contributed by atoms with E-state index in [1.165, 1.54) is 37.0 Å². The fraction of sp³-hybridized carbons (Fsp3) is 0.519. The summed E-state index contributed by atoms with van der Waals surface area (Å²) >= 11 is 0. The molecule has 4 saturated carbocycles. The third kappa shape index (κ3) is 4.48. The Morgan fingerprint density at radius 3 is 2.40 bits per heavy atom. The molecule has 7 nitrogen and oxygen atoms in total. The third-order valence-electron chi connectivity index (χ3n) is 8.53. The molecule has 2 aromatic carbocycles. The van der Waals surface area contributed by atoms with Crippen molar-refractivity contribution in [2.24, 2.45) is 17.3 Å². The Kier molecular flexibility index (Phi) is 5.98. The Bertz CT molecular complexity index is 1240. The first-order valence-electron chi connectivity index (χ1n) is 12.4. The van der Waals surface area contributed by atoms with Gasteiger partial charge in [-0.15, -0.1) is 0 Å². The lowest BCUT2D eigenvalue weighted by molar-refractivity contribution is -0.384. The minimum Gasteiger partial charge on any atom is -0.379 e. The molecule has 2 atom stereocenters. The summed E-state index contributed by atoms with van der Waals surface area (Å²) < 4.78 is 23.5. The van der Waals surface area contributed by atoms with Crippen molar-refractivity contribution in [3.8, 4) is 0 Å². The number of anilines is 1. The van der Waals surface area contributed by atoms with Crippen LogP contribution in [0, 0.1) is 27.4 Å². The Morgan fingerprint density at radius 1 is 1.09 bits per heavy atom. The SMILES string of the molecule is CS(=O)(=O)c1ccc(NCCCC(=O)C23CC4CC(C2)CC(c2ccccc2)(C4)C3)c([N+](=O)[O-])c1. The van der Waals surface area contributed by atoms with Gasteiger partial charge in [0.05, 0.1) is 9.82 Å². The Balaban J connectivity index is 1.25. The molecule has 6 rings (SSSR count). The molecule has 0 aromatic heterocycles. The normalized spacial score (nSPS) is 29.2. The third-order valence-corrected chi connectivity index (χ3v) is 9.64. The van der Waals surface area contributed by atoms with E-state index < -0.39 is 14.8 Å². The van der Waals surface area contributed by atoms with Crippen LogP contribution in [0.15, 0.2) is 53.4 Å². The number of hydrogen-bond acceptors (Lipinski definition) is 6. The number of nitrogens with zero attached hydrogens (tertiary/aromatic N) is 1. The van der Waals surface area contributed by atoms with Crippen LogP contribution in [0.25, 0.3) is 0 Å². The lowest BCUT2D eigenvalue weighted by Crippen LogP contribution is -2.56. The number of rotatable bonds is 9. The number of carbonyl (C=O) groups is 1. The molecule has 0 spiro atoms. The highest BCUT2D eigenvalue weighted by molar-refractivity contribution is 7.90. The van der Waals surface area contributed by atoms with Crippen LogP contribution in [0.5, 0.6) is 0 Å². The first-order valence-corrected chi connectivity index (χ1v) is 14.3. The van der Waals surface area contributed by atoms with Crippen molar-refractivity contribution < 1.29 is 18.1 Å². The van der Waals surface area contributed by atoms with Gasteiger partial charge in [0.15, 0.2) is 9.84 Å². The topological polar surface area (TPSA) is 106 Å². The maximum atomic E-state index is 13.6. The number of hydrogen-bond donors (Lipinski definition) is 1. The highest BCUT2D eigenvalue weighted by Crippen LogP contribution is 2.66. The molecule has 0 saturated heterocycles. The zero-order chi connectivity index (χ0) is 24.8. The molecule has 35 heavy (non-hydrogen) atoms. The number of carbonyl (C=O) groups excluding carboxylic acids is 1. The summed E-state index contributed by atoms with van der Waals surface area (Å²) in [7, 11) is -3.54. The smallest absolute Gasteiger partial charge is 0.293 e. The van der Waals surface area contributed by atoms with Crippen molar-refractivity contribution in [3.63, 3.8) is 0 Å². The van der Waals surface area contributed by atoms with E-state index in [4.69, 9.17) is 0 Å². The summed E-state index contributed by atoms with van der Waals surface area (Å²) in [4.78, 5) is 24.4. The summed E-state index contributed by atoms with van der Waals surface area (Å²) in [5.41, 5.74) is 1.28. The van der Waals surface area contributed by atoms with E-state index in [0.717, 1.165) is 31.6 Å². The van der Waals surface area contributed by atoms with E-state index in [1.807, 2.05) is 0 Å². The quantitative estimate of drug-likeness (QED) is 0.287. The molecule has 0 aliphatic heterocycles. The Hall–Kier alpha value is -2.74. The van der Waals surface area contributed by atoms with Gasteiger partial charge in [-0.3, -0.25) is 14.9 Å². The molecular weight excluding hydrogens is 464 g/mol. The zero-order valence-corrected chi connectivity index (χ0v) is 20.9. The van der Waals surface area contributed by atoms with Crippen LogP contribution >= 0.6 is 0 Å². The van der Waals surface area contributed by atoms with E-state index in [9.17, 15) is 23.3 Å². The number of nitro groups is 1. The Labute approximate surface area is 206 Å². The molecule has 4 aliphatic rings. The van der Waals surface area contributed by atoms with Crippen molar-refractivity contribution in [1.29, 1.82) is 0 Å². The van der Waals surface area contributed by atoms with Crippen LogP contribution < -0.4 is 5.32 Å². The molecule has 186 valence electrons. The zero-order valence-electron chi connectivity index (χ0n) is 20.0. The van der Waals surface area contributed by atoms with Gasteiger partial charge in [-0.2, -0.15) is 0 Å². The average molecular weight is 497 g/mol. The lowest BCUT2D eigenvalue weighted by atomic mass is 9.42. The maximum Gasteiger partial charge on any atom is 0.293 e. The molecule has 1 N–H and O–H groups in total. The van der Waals surface area contributed by atoms with Gasteiger partial charge in [-0.25, -0.2) is 8.42 Å². The Morgan fingerprint density at radius 2 is 1.77 bits per heavy atom. The van der Waals surface area contributed by atoms with Gasteiger partial charge in [-0.05, 0) is 79.9 Å². The molecular formula is C27H32N2O5S. The van der Waals surface area contributed by atoms with E-state index in [0.29, 0.717) is 37.0 Å². The number of ketones is 1. The summed E-state index contributed by atoms with van der Waals surface area (Å²) in [6.07, 6.45) is 8.64. The fourth-order valence-electron chi connectivity index (χ4n) is 7.50. The van der Waals surface area contributed by atoms with Crippen molar-refractivity contribution in [2.45, 2.75) is 61.7 Å². The summed E-state index contributed by atoms with van der Waals surface area (Å²) in [5, 5.41) is 14.5. The van der Waals surface area contributed by atoms with Crippen molar-refractivity contribution in [1.82, 2.24) is 0 Å². The predicted octanol–water partition coefficient (Wildman–Crippen LogP) is 5.30. The van der Waals surface area contributed by atoms with Gasteiger partial charge in [0.1, 0.15) is 11.5 Å². The van der Waals surface area contributed by atoms with Crippen LogP contribution in [0.2, 0.25) is 0 Å². The molecule has 0 amide bonds. The van der Waals surface area contributed by atoms with E-state index in [2.05, 4.69) is 35.6 Å². The van der Waals surface area contributed by atoms with Crippen molar-refractivity contribution in [2.75, 3.05) is 18.1 Å². The highest BCUT2D eigenvalue weighted by atomic mass is 32.2. The number of Topliss-reactive ketones (excluding diaryl/α,β-unsaturated/α-hetero) is 1. The van der Waals surface area contributed by atoms with Crippen LogP contribution in [0.1, 0.15) is 56.9 Å². The van der Waals surface area contributed by atoms with E-state index >= 15 is 0 Å². The van der Waals surface area contributed by atoms with Gasteiger partial charge in [0.2, 0.25) is 0 Å². The second-order valence-corrected chi connectivity index (χ2v) is 13.1. The number of sulfone groups is 1. The molecule has 4 fully saturated rings. The van der Waals surface area contributed by atoms with E-state index in [1.54, 1.807) is 0 Å². The summed E-state index contributed by atoms with van der Waals surface area (Å²) in [6.45, 7) is 0.414. The largest absolute Gasteiger partial charge is 0.379 e. The van der Waals surface area contributed by atoms with Gasteiger partial charge in [0.25, 0.3) is 5.69 Å². The summed E-state index contributed by atoms with van der Waals surface area (Å²) in [6, 6.07) is 14.6. The standard InChI is InChI=1S/C27H32N2O5S/c1-35(33,34)22-9-10-23(24(13-22)29(31)32)28-11-5-8-25(30)27-16-19-12-20(17-27)15-26(14-19,18-27)21-6-3-2-4-7-21/h2-4,6-7,9-10,13,19-20,28H,5,8,11-12,14-18H2,1H3. The summed E-state index contributed by atoms with van der Waals surface area (Å²) in [5.74, 6) is 1.58. The van der Waals surface area contributed by atoms with Crippen LogP contribution in [-0.4, -0.2) is 31.9 Å². The van der Waals surface area contributed by atoms with Gasteiger partial charge in [0, 0.05) is 30.7 Å². The lowest BCUT2D eigenvalue weighted by Gasteiger charge is -2.62. The molecule has 2 aromatic rings. The second-order valence-electron chi connectivity index (χ2n) is 11.0. The van der Waals surface area contributed by atoms with Crippen molar-refractivity contribution in [3.05, 3.63) is 64.2 Å². The predicted molar refractivity (Wildman–Crippen MR) is 134 cm³/mol. The fourth-order valence-corrected chi connectivity index (χ4v) is 8.14. The minimum atomic E-state index is -3.54. The molecule has 0 heterocycles. The monoisotopic (exact) mass is 496 g/mol. The highest BCUT2D eigenvalue weighted by Gasteiger charge is 2.60. The molecule has 2 unspecified atom stereocenters. The van der Waals surface area contributed by atoms with Crippen LogP contribution in [-0.2, 0) is 20.0 Å². The van der Waals surface area contributed by atoms with Crippen LogP contribution in [0.4, 0.5) is 11.4 Å². The first-order chi connectivity index (χ1) is 16.6. The number of benzene rings is 2. The average Bonchev–Trinajstić information content (AvgIpc) is 2.80. The maximum absolute atomic E-state index is 13.6. The number of nitro benzene ring substituents is 1. The first kappa shape index (κ1) is 24.0. The number of nitrogens with one attached hydrogen (secondary N) is 1. The molecule has 8 heteroatoms. The second kappa shape index (κ2) is 8.73. The van der Waals surface area contributed by atoms with Crippen molar-refractivity contribution >= 4 is 27.0 Å². The minimum absolute atomic E-state index is 0.0842. The van der Waals surface area contributed by atoms with E-state index in [-0.39, 0.29) is 27.1 Å². The van der Waals surface area contributed by atoms with Gasteiger partial charge >= 0.3 is 0 Å².